The van der Waals surface area contributed by atoms with E-state index in [4.69, 9.17) is 9.47 Å². The number of amides is 2. The number of carbonyl (C=O) groups excluding carboxylic acids is 2. The van der Waals surface area contributed by atoms with Crippen LogP contribution in [-0.2, 0) is 9.59 Å². The lowest BCUT2D eigenvalue weighted by Crippen LogP contribution is -2.33. The fraction of sp³-hybridized carbons (Fsp3) is 0.273. The van der Waals surface area contributed by atoms with E-state index < -0.39 is 0 Å². The van der Waals surface area contributed by atoms with Crippen LogP contribution in [0.25, 0.3) is 6.08 Å². The third kappa shape index (κ3) is 7.27. The third-order valence-electron chi connectivity index (χ3n) is 3.85. The maximum absolute atomic E-state index is 12.3. The molecule has 0 saturated carbocycles. The second-order valence-electron chi connectivity index (χ2n) is 6.16. The van der Waals surface area contributed by atoms with E-state index in [0.29, 0.717) is 30.4 Å². The van der Waals surface area contributed by atoms with Crippen LogP contribution in [0.1, 0.15) is 19.4 Å². The summed E-state index contributed by atoms with van der Waals surface area (Å²) in [6.45, 7) is 4.70. The van der Waals surface area contributed by atoms with Crippen LogP contribution in [0.3, 0.4) is 0 Å². The van der Waals surface area contributed by atoms with Crippen molar-refractivity contribution in [2.24, 2.45) is 0 Å². The average Bonchev–Trinajstić information content (AvgIpc) is 2.68. The number of rotatable bonds is 9. The lowest BCUT2D eigenvalue weighted by molar-refractivity contribution is -0.129. The molecular weight excluding hydrogens is 436 g/mol. The summed E-state index contributed by atoms with van der Waals surface area (Å²) in [5.41, 5.74) is 1.47. The normalized spacial score (nSPS) is 10.6. The van der Waals surface area contributed by atoms with E-state index in [1.807, 2.05) is 38.1 Å². The Morgan fingerprint density at radius 1 is 1.07 bits per heavy atom. The van der Waals surface area contributed by atoms with Crippen LogP contribution < -0.4 is 14.8 Å². The monoisotopic (exact) mass is 460 g/mol. The first-order valence-electron chi connectivity index (χ1n) is 9.31. The summed E-state index contributed by atoms with van der Waals surface area (Å²) in [6, 6.07) is 12.8. The largest absolute Gasteiger partial charge is 0.490 e. The van der Waals surface area contributed by atoms with Gasteiger partial charge in [0.2, 0.25) is 11.8 Å². The highest BCUT2D eigenvalue weighted by atomic mass is 79.9. The smallest absolute Gasteiger partial charge is 0.246 e. The summed E-state index contributed by atoms with van der Waals surface area (Å²) in [5.74, 6) is 0.621. The zero-order valence-corrected chi connectivity index (χ0v) is 18.4. The molecule has 2 rings (SSSR count). The lowest BCUT2D eigenvalue weighted by atomic mass is 10.2. The van der Waals surface area contributed by atoms with Crippen LogP contribution in [0.5, 0.6) is 11.5 Å². The molecule has 2 aromatic carbocycles. The number of ether oxygens (including phenoxy) is 2. The van der Waals surface area contributed by atoms with E-state index in [1.165, 1.54) is 11.0 Å². The zero-order valence-electron chi connectivity index (χ0n) is 16.8. The molecule has 6 nitrogen and oxygen atoms in total. The Hall–Kier alpha value is -2.80. The van der Waals surface area contributed by atoms with E-state index in [2.05, 4.69) is 21.2 Å². The first kappa shape index (κ1) is 22.5. The third-order valence-corrected chi connectivity index (χ3v) is 4.34. The molecule has 0 bridgehead atoms. The molecule has 0 radical (unpaired) electrons. The van der Waals surface area contributed by atoms with Crippen molar-refractivity contribution in [2.75, 3.05) is 32.1 Å². The van der Waals surface area contributed by atoms with Crippen LogP contribution >= 0.6 is 15.9 Å². The van der Waals surface area contributed by atoms with Crippen molar-refractivity contribution in [3.8, 4) is 11.5 Å². The quantitative estimate of drug-likeness (QED) is 0.564. The molecule has 29 heavy (non-hydrogen) atoms. The SMILES string of the molecule is CCOc1ccc(NC(=O)CN(C)C(=O)/C=C/c2cccc(Br)c2)cc1OCC. The van der Waals surface area contributed by atoms with Crippen molar-refractivity contribution in [1.29, 1.82) is 0 Å². The molecular formula is C22H25BrN2O4. The predicted molar refractivity (Wildman–Crippen MR) is 118 cm³/mol. The number of likely N-dealkylation sites (N-methyl/N-ethyl adjacent to an activating group) is 1. The fourth-order valence-electron chi connectivity index (χ4n) is 2.53. The van der Waals surface area contributed by atoms with E-state index in [9.17, 15) is 9.59 Å². The topological polar surface area (TPSA) is 67.9 Å². The number of nitrogens with one attached hydrogen (secondary N) is 1. The van der Waals surface area contributed by atoms with Gasteiger partial charge in [-0.1, -0.05) is 28.1 Å². The van der Waals surface area contributed by atoms with Crippen LogP contribution in [0.4, 0.5) is 5.69 Å². The molecule has 2 amide bonds. The molecule has 0 saturated heterocycles. The van der Waals surface area contributed by atoms with Gasteiger partial charge in [0.25, 0.3) is 0 Å². The molecule has 0 aliphatic rings. The Kier molecular flexibility index (Phi) is 8.73. The Balaban J connectivity index is 1.95. The first-order valence-corrected chi connectivity index (χ1v) is 10.1. The highest BCUT2D eigenvalue weighted by Gasteiger charge is 2.12. The van der Waals surface area contributed by atoms with Gasteiger partial charge in [-0.3, -0.25) is 9.59 Å². The Labute approximate surface area is 179 Å². The first-order chi connectivity index (χ1) is 13.9. The van der Waals surface area contributed by atoms with Crippen LogP contribution in [0, 0.1) is 0 Å². The molecule has 0 aromatic heterocycles. The van der Waals surface area contributed by atoms with E-state index in [1.54, 1.807) is 31.3 Å². The van der Waals surface area contributed by atoms with Crippen molar-refractivity contribution < 1.29 is 19.1 Å². The highest BCUT2D eigenvalue weighted by Crippen LogP contribution is 2.30. The van der Waals surface area contributed by atoms with Gasteiger partial charge in [0, 0.05) is 29.4 Å². The number of hydrogen-bond acceptors (Lipinski definition) is 4. The van der Waals surface area contributed by atoms with Gasteiger partial charge in [0.1, 0.15) is 0 Å². The molecule has 7 heteroatoms. The summed E-state index contributed by atoms with van der Waals surface area (Å²) in [5, 5.41) is 2.78. The fourth-order valence-corrected chi connectivity index (χ4v) is 2.94. The minimum Gasteiger partial charge on any atom is -0.490 e. The Bertz CT molecular complexity index is 883. The summed E-state index contributed by atoms with van der Waals surface area (Å²) in [6.07, 6.45) is 3.15. The van der Waals surface area contributed by atoms with E-state index in [-0.39, 0.29) is 18.4 Å². The highest BCUT2D eigenvalue weighted by molar-refractivity contribution is 9.10. The maximum atomic E-state index is 12.3. The number of anilines is 1. The van der Waals surface area contributed by atoms with Crippen molar-refractivity contribution >= 4 is 39.5 Å². The summed E-state index contributed by atoms with van der Waals surface area (Å²) in [4.78, 5) is 25.9. The summed E-state index contributed by atoms with van der Waals surface area (Å²) >= 11 is 3.39. The van der Waals surface area contributed by atoms with Crippen LogP contribution in [0.15, 0.2) is 53.0 Å². The minimum atomic E-state index is -0.302. The van der Waals surface area contributed by atoms with Gasteiger partial charge >= 0.3 is 0 Å². The average molecular weight is 461 g/mol. The van der Waals surface area contributed by atoms with E-state index in [0.717, 1.165) is 10.0 Å². The molecule has 154 valence electrons. The summed E-state index contributed by atoms with van der Waals surface area (Å²) in [7, 11) is 1.58. The summed E-state index contributed by atoms with van der Waals surface area (Å²) < 4.78 is 12.0. The van der Waals surface area contributed by atoms with E-state index >= 15 is 0 Å². The Morgan fingerprint density at radius 3 is 2.48 bits per heavy atom. The second-order valence-corrected chi connectivity index (χ2v) is 7.07. The number of benzene rings is 2. The number of carbonyl (C=O) groups is 2. The molecule has 0 atom stereocenters. The van der Waals surface area contributed by atoms with Crippen molar-refractivity contribution in [1.82, 2.24) is 4.90 Å². The predicted octanol–water partition coefficient (Wildman–Crippen LogP) is 4.36. The molecule has 0 aliphatic heterocycles. The zero-order chi connectivity index (χ0) is 21.2. The molecule has 0 unspecified atom stereocenters. The molecule has 1 N–H and O–H groups in total. The van der Waals surface area contributed by atoms with Crippen LogP contribution in [0.2, 0.25) is 0 Å². The molecule has 0 heterocycles. The van der Waals surface area contributed by atoms with Gasteiger partial charge in [-0.2, -0.15) is 0 Å². The van der Waals surface area contributed by atoms with Crippen molar-refractivity contribution in [3.63, 3.8) is 0 Å². The maximum Gasteiger partial charge on any atom is 0.246 e. The molecule has 0 aliphatic carbocycles. The number of nitrogens with zero attached hydrogens (tertiary/aromatic N) is 1. The van der Waals surface area contributed by atoms with Gasteiger partial charge in [0.05, 0.1) is 19.8 Å². The van der Waals surface area contributed by atoms with Gasteiger partial charge in [0.15, 0.2) is 11.5 Å². The lowest BCUT2D eigenvalue weighted by Gasteiger charge is -2.16. The second kappa shape index (κ2) is 11.3. The standard InChI is InChI=1S/C22H25BrN2O4/c1-4-28-19-11-10-18(14-20(19)29-5-2)24-21(26)15-25(3)22(27)12-9-16-7-6-8-17(23)13-16/h6-14H,4-5,15H2,1-3H3,(H,24,26)/b12-9+. The minimum absolute atomic E-state index is 0.0706. The van der Waals surface area contributed by atoms with Gasteiger partial charge in [-0.25, -0.2) is 0 Å². The molecule has 0 fully saturated rings. The molecule has 2 aromatic rings. The van der Waals surface area contributed by atoms with Crippen molar-refractivity contribution in [2.45, 2.75) is 13.8 Å². The van der Waals surface area contributed by atoms with Crippen LogP contribution in [-0.4, -0.2) is 43.5 Å². The van der Waals surface area contributed by atoms with Gasteiger partial charge in [-0.15, -0.1) is 0 Å². The molecule has 0 spiro atoms. The Morgan fingerprint density at radius 2 is 1.79 bits per heavy atom. The van der Waals surface area contributed by atoms with Gasteiger partial charge < -0.3 is 19.7 Å². The van der Waals surface area contributed by atoms with Gasteiger partial charge in [-0.05, 0) is 49.8 Å². The number of hydrogen-bond donors (Lipinski definition) is 1. The van der Waals surface area contributed by atoms with Crippen molar-refractivity contribution in [3.05, 3.63) is 58.6 Å². The number of halogens is 1.